The minimum atomic E-state index is -3.70. The van der Waals surface area contributed by atoms with E-state index < -0.39 is 15.3 Å². The van der Waals surface area contributed by atoms with E-state index in [1.807, 2.05) is 60.0 Å². The van der Waals surface area contributed by atoms with Crippen LogP contribution in [-0.4, -0.2) is 26.4 Å². The highest BCUT2D eigenvalue weighted by Crippen LogP contribution is 2.38. The summed E-state index contributed by atoms with van der Waals surface area (Å²) in [5.74, 6) is 0.490. The number of thiazole rings is 1. The monoisotopic (exact) mass is 587 g/mol. The first-order valence-corrected chi connectivity index (χ1v) is 15.5. The molecule has 1 heterocycles. The first kappa shape index (κ1) is 27.4. The molecule has 0 fully saturated rings. The predicted molar refractivity (Wildman–Crippen MR) is 161 cm³/mol. The number of aromatic nitrogens is 1. The van der Waals surface area contributed by atoms with Gasteiger partial charge in [-0.2, -0.15) is 0 Å². The van der Waals surface area contributed by atoms with Crippen molar-refractivity contribution in [2.24, 2.45) is 0 Å². The van der Waals surface area contributed by atoms with E-state index in [1.54, 1.807) is 49.6 Å². The molecule has 7 nitrogen and oxygen atoms in total. The van der Waals surface area contributed by atoms with Crippen molar-refractivity contribution in [1.29, 1.82) is 0 Å². The Kier molecular flexibility index (Phi) is 8.49. The molecule has 10 heteroatoms. The summed E-state index contributed by atoms with van der Waals surface area (Å²) < 4.78 is 33.4. The highest BCUT2D eigenvalue weighted by Gasteiger charge is 2.24. The van der Waals surface area contributed by atoms with Crippen LogP contribution >= 0.6 is 23.1 Å². The van der Waals surface area contributed by atoms with Crippen molar-refractivity contribution in [1.82, 2.24) is 4.98 Å². The predicted octanol–water partition coefficient (Wildman–Crippen LogP) is 7.09. The largest absolute Gasteiger partial charge is 0.496 e. The van der Waals surface area contributed by atoms with Gasteiger partial charge in [0.1, 0.15) is 11.0 Å². The second-order valence-corrected chi connectivity index (χ2v) is 12.3. The third kappa shape index (κ3) is 6.53. The van der Waals surface area contributed by atoms with E-state index in [1.165, 1.54) is 35.2 Å². The third-order valence-electron chi connectivity index (χ3n) is 5.87. The molecule has 0 saturated carbocycles. The quantitative estimate of drug-likeness (QED) is 0.169. The van der Waals surface area contributed by atoms with Crippen molar-refractivity contribution in [3.63, 3.8) is 0 Å². The summed E-state index contributed by atoms with van der Waals surface area (Å²) >= 11 is 2.71. The maximum atomic E-state index is 13.5. The van der Waals surface area contributed by atoms with E-state index in [0.29, 0.717) is 16.6 Å². The van der Waals surface area contributed by atoms with Crippen LogP contribution < -0.4 is 14.8 Å². The number of benzene rings is 4. The van der Waals surface area contributed by atoms with Crippen molar-refractivity contribution in [2.75, 3.05) is 17.1 Å². The van der Waals surface area contributed by atoms with Gasteiger partial charge in [-0.25, -0.2) is 13.4 Å². The number of hydrogen-bond donors (Lipinski definition) is 2. The Bertz CT molecular complexity index is 1690. The van der Waals surface area contributed by atoms with Gasteiger partial charge in [-0.15, -0.1) is 23.1 Å². The standard InChI is InChI=1S/C30H25N3O4S3/c1-37-27-15-9-8-14-25(27)26-20-38-30(31-26)32-29(34)28(21-10-4-2-5-11-21)39-23-18-16-22(17-19-23)33-40(35,36)24-12-6-3-7-13-24/h2-20,28,33H,1H3,(H,31,32,34). The van der Waals surface area contributed by atoms with Gasteiger partial charge in [0.15, 0.2) is 5.13 Å². The van der Waals surface area contributed by atoms with Crippen LogP contribution in [0, 0.1) is 0 Å². The number of ether oxygens (including phenoxy) is 1. The first-order valence-electron chi connectivity index (χ1n) is 12.2. The van der Waals surface area contributed by atoms with Crippen molar-refractivity contribution in [2.45, 2.75) is 15.0 Å². The molecular formula is C30H25N3O4S3. The number of anilines is 2. The zero-order chi connectivity index (χ0) is 28.0. The van der Waals surface area contributed by atoms with E-state index in [0.717, 1.165) is 21.7 Å². The van der Waals surface area contributed by atoms with Gasteiger partial charge in [-0.3, -0.25) is 9.52 Å². The van der Waals surface area contributed by atoms with Gasteiger partial charge in [0.2, 0.25) is 5.91 Å². The lowest BCUT2D eigenvalue weighted by Crippen LogP contribution is -2.19. The van der Waals surface area contributed by atoms with Gasteiger partial charge in [-0.05, 0) is 54.1 Å². The third-order valence-corrected chi connectivity index (χ3v) is 9.29. The van der Waals surface area contributed by atoms with Crippen LogP contribution in [0.5, 0.6) is 5.75 Å². The fourth-order valence-electron chi connectivity index (χ4n) is 3.93. The summed E-state index contributed by atoms with van der Waals surface area (Å²) in [4.78, 5) is 19.1. The molecule has 0 aliphatic carbocycles. The number of rotatable bonds is 10. The second kappa shape index (κ2) is 12.4. The van der Waals surface area contributed by atoms with Crippen LogP contribution in [0.25, 0.3) is 11.3 Å². The molecule has 5 aromatic rings. The Morgan fingerprint density at radius 3 is 2.23 bits per heavy atom. The molecule has 1 aromatic heterocycles. The highest BCUT2D eigenvalue weighted by molar-refractivity contribution is 8.00. The Hall–Kier alpha value is -4.12. The second-order valence-electron chi connectivity index (χ2n) is 8.58. The molecule has 202 valence electrons. The molecule has 0 saturated heterocycles. The van der Waals surface area contributed by atoms with Crippen molar-refractivity contribution < 1.29 is 17.9 Å². The van der Waals surface area contributed by atoms with E-state index in [-0.39, 0.29) is 10.8 Å². The number of nitrogens with one attached hydrogen (secondary N) is 2. The van der Waals surface area contributed by atoms with Gasteiger partial charge in [0.25, 0.3) is 10.0 Å². The summed E-state index contributed by atoms with van der Waals surface area (Å²) in [6, 6.07) is 32.2. The summed E-state index contributed by atoms with van der Waals surface area (Å²) in [6.45, 7) is 0. The Morgan fingerprint density at radius 1 is 0.875 bits per heavy atom. The zero-order valence-corrected chi connectivity index (χ0v) is 23.8. The molecule has 0 radical (unpaired) electrons. The lowest BCUT2D eigenvalue weighted by molar-refractivity contribution is -0.115. The molecule has 0 bridgehead atoms. The van der Waals surface area contributed by atoms with Gasteiger partial charge in [-0.1, -0.05) is 60.7 Å². The highest BCUT2D eigenvalue weighted by atomic mass is 32.2. The number of nitrogens with zero attached hydrogens (tertiary/aromatic N) is 1. The van der Waals surface area contributed by atoms with Crippen LogP contribution in [0.1, 0.15) is 10.8 Å². The zero-order valence-electron chi connectivity index (χ0n) is 21.4. The maximum absolute atomic E-state index is 13.5. The Balaban J connectivity index is 1.32. The maximum Gasteiger partial charge on any atom is 0.261 e. The Labute approximate surface area is 241 Å². The topological polar surface area (TPSA) is 97.4 Å². The van der Waals surface area contributed by atoms with Crippen LogP contribution in [0.3, 0.4) is 0 Å². The van der Waals surface area contributed by atoms with Crippen molar-refractivity contribution in [3.8, 4) is 17.0 Å². The molecular weight excluding hydrogens is 563 g/mol. The number of sulfonamides is 1. The molecule has 0 aliphatic rings. The molecule has 1 amide bonds. The number of carbonyl (C=O) groups excluding carboxylic acids is 1. The minimum Gasteiger partial charge on any atom is -0.496 e. The van der Waals surface area contributed by atoms with Crippen molar-refractivity contribution >= 4 is 49.8 Å². The fraction of sp³-hybridized carbons (Fsp3) is 0.0667. The summed E-state index contributed by atoms with van der Waals surface area (Å²) in [5.41, 5.74) is 2.83. The van der Waals surface area contributed by atoms with Gasteiger partial charge in [0, 0.05) is 21.5 Å². The van der Waals surface area contributed by atoms with Crippen LogP contribution in [0.4, 0.5) is 10.8 Å². The van der Waals surface area contributed by atoms with Crippen LogP contribution in [0.2, 0.25) is 0 Å². The average Bonchev–Trinajstić information content (AvgIpc) is 3.45. The lowest BCUT2D eigenvalue weighted by Gasteiger charge is -2.16. The number of amides is 1. The van der Waals surface area contributed by atoms with Crippen molar-refractivity contribution in [3.05, 3.63) is 120 Å². The van der Waals surface area contributed by atoms with Gasteiger partial charge >= 0.3 is 0 Å². The fourth-order valence-corrected chi connectivity index (χ4v) is 6.75. The van der Waals surface area contributed by atoms with Gasteiger partial charge in [0.05, 0.1) is 17.7 Å². The van der Waals surface area contributed by atoms with E-state index in [9.17, 15) is 13.2 Å². The number of methoxy groups -OCH3 is 1. The SMILES string of the molecule is COc1ccccc1-c1csc(NC(=O)C(Sc2ccc(NS(=O)(=O)c3ccccc3)cc2)c2ccccc2)n1. The molecule has 2 N–H and O–H groups in total. The molecule has 0 aliphatic heterocycles. The van der Waals surface area contributed by atoms with Crippen LogP contribution in [0.15, 0.2) is 124 Å². The van der Waals surface area contributed by atoms with Gasteiger partial charge < -0.3 is 10.1 Å². The molecule has 40 heavy (non-hydrogen) atoms. The number of para-hydroxylation sites is 1. The number of hydrogen-bond acceptors (Lipinski definition) is 7. The van der Waals surface area contributed by atoms with E-state index in [4.69, 9.17) is 4.74 Å². The number of carbonyl (C=O) groups is 1. The summed E-state index contributed by atoms with van der Waals surface area (Å²) in [6.07, 6.45) is 0. The lowest BCUT2D eigenvalue weighted by atomic mass is 10.1. The van der Waals surface area contributed by atoms with Crippen LogP contribution in [-0.2, 0) is 14.8 Å². The first-order chi connectivity index (χ1) is 19.4. The minimum absolute atomic E-state index is 0.185. The van der Waals surface area contributed by atoms with E-state index in [2.05, 4.69) is 15.0 Å². The number of thioether (sulfide) groups is 1. The molecule has 4 aromatic carbocycles. The average molecular weight is 588 g/mol. The van der Waals surface area contributed by atoms with E-state index >= 15 is 0 Å². The normalized spacial score (nSPS) is 11.9. The summed E-state index contributed by atoms with van der Waals surface area (Å²) in [7, 11) is -2.09. The molecule has 5 rings (SSSR count). The smallest absolute Gasteiger partial charge is 0.261 e. The Morgan fingerprint density at radius 2 is 1.52 bits per heavy atom. The summed E-state index contributed by atoms with van der Waals surface area (Å²) in [5, 5.41) is 4.77. The molecule has 0 spiro atoms. The molecule has 1 atom stereocenters. The molecule has 1 unspecified atom stereocenters.